The van der Waals surface area contributed by atoms with E-state index in [2.05, 4.69) is 32.6 Å². The molecular weight excluding hydrogens is 274 g/mol. The Hall–Kier alpha value is -0.420. The van der Waals surface area contributed by atoms with Crippen molar-refractivity contribution in [3.8, 4) is 0 Å². The number of rotatable bonds is 6. The zero-order chi connectivity index (χ0) is 15.6. The molecule has 4 nitrogen and oxygen atoms in total. The largest absolute Gasteiger partial charge is 0.300 e. The summed E-state index contributed by atoms with van der Waals surface area (Å²) >= 11 is 0. The third-order valence-corrected chi connectivity index (χ3v) is 6.07. The minimum atomic E-state index is -2.84. The number of sulfone groups is 1. The summed E-state index contributed by atoms with van der Waals surface area (Å²) < 4.78 is 23.1. The normalized spacial score (nSPS) is 23.2. The lowest BCUT2D eigenvalue weighted by atomic mass is 9.74. The van der Waals surface area contributed by atoms with E-state index < -0.39 is 9.84 Å². The van der Waals surface area contributed by atoms with Gasteiger partial charge in [-0.3, -0.25) is 4.90 Å². The molecule has 0 aromatic heterocycles. The van der Waals surface area contributed by atoms with Crippen LogP contribution in [0.15, 0.2) is 0 Å². The molecule has 0 aromatic carbocycles. The number of carbonyl (C=O) groups excluding carboxylic acids is 1. The average Bonchev–Trinajstić information content (AvgIpc) is 2.25. The summed E-state index contributed by atoms with van der Waals surface area (Å²) in [7, 11) is -2.84. The lowest BCUT2D eigenvalue weighted by Crippen LogP contribution is -2.54. The van der Waals surface area contributed by atoms with Gasteiger partial charge in [-0.2, -0.15) is 0 Å². The average molecular weight is 303 g/mol. The second kappa shape index (κ2) is 6.14. The molecule has 0 N–H and O–H groups in total. The summed E-state index contributed by atoms with van der Waals surface area (Å²) in [6.07, 6.45) is 2.46. The molecule has 1 saturated heterocycles. The number of carbonyl (C=O) groups is 1. The van der Waals surface area contributed by atoms with Crippen LogP contribution in [0.25, 0.3) is 0 Å². The lowest BCUT2D eigenvalue weighted by Gasteiger charge is -2.46. The van der Waals surface area contributed by atoms with E-state index in [1.165, 1.54) is 0 Å². The standard InChI is InChI=1S/C15H29NO3S/c1-6-15(5,12-14(3,4)11-13(2)17)16-7-9-20(18,19)10-8-16/h6-12H2,1-5H3. The Balaban J connectivity index is 2.79. The van der Waals surface area contributed by atoms with Crippen LogP contribution >= 0.6 is 0 Å². The fraction of sp³-hybridized carbons (Fsp3) is 0.933. The van der Waals surface area contributed by atoms with Crippen molar-refractivity contribution in [2.24, 2.45) is 5.41 Å². The highest BCUT2D eigenvalue weighted by Gasteiger charge is 2.38. The Morgan fingerprint density at radius 3 is 2.05 bits per heavy atom. The first-order valence-corrected chi connectivity index (χ1v) is 9.27. The highest BCUT2D eigenvalue weighted by molar-refractivity contribution is 7.91. The maximum atomic E-state index is 11.6. The maximum absolute atomic E-state index is 11.6. The first kappa shape index (κ1) is 17.6. The van der Waals surface area contributed by atoms with Crippen LogP contribution in [0.4, 0.5) is 0 Å². The smallest absolute Gasteiger partial charge is 0.152 e. The highest BCUT2D eigenvalue weighted by Crippen LogP contribution is 2.37. The van der Waals surface area contributed by atoms with Gasteiger partial charge in [0.2, 0.25) is 0 Å². The summed E-state index contributed by atoms with van der Waals surface area (Å²) in [5.41, 5.74) is -0.0815. The van der Waals surface area contributed by atoms with Crippen molar-refractivity contribution in [1.82, 2.24) is 4.90 Å². The maximum Gasteiger partial charge on any atom is 0.152 e. The lowest BCUT2D eigenvalue weighted by molar-refractivity contribution is -0.119. The molecule has 0 amide bonds. The predicted molar refractivity (Wildman–Crippen MR) is 82.6 cm³/mol. The Labute approximate surface area is 123 Å². The van der Waals surface area contributed by atoms with Gasteiger partial charge in [0.25, 0.3) is 0 Å². The fourth-order valence-electron chi connectivity index (χ4n) is 3.48. The van der Waals surface area contributed by atoms with Crippen molar-refractivity contribution in [2.75, 3.05) is 24.6 Å². The molecule has 118 valence electrons. The third-order valence-electron chi connectivity index (χ3n) is 4.46. The molecule has 0 bridgehead atoms. The monoisotopic (exact) mass is 303 g/mol. The van der Waals surface area contributed by atoms with Crippen molar-refractivity contribution in [2.45, 2.75) is 59.4 Å². The van der Waals surface area contributed by atoms with Gasteiger partial charge in [0.1, 0.15) is 5.78 Å². The van der Waals surface area contributed by atoms with Gasteiger partial charge in [0.15, 0.2) is 9.84 Å². The Bertz CT molecular complexity index is 442. The van der Waals surface area contributed by atoms with Gasteiger partial charge < -0.3 is 4.79 Å². The predicted octanol–water partition coefficient (Wildman–Crippen LogP) is 2.28. The van der Waals surface area contributed by atoms with E-state index >= 15 is 0 Å². The van der Waals surface area contributed by atoms with Gasteiger partial charge in [0, 0.05) is 25.0 Å². The second-order valence-electron chi connectivity index (χ2n) is 7.21. The first-order valence-electron chi connectivity index (χ1n) is 7.45. The molecule has 1 heterocycles. The van der Waals surface area contributed by atoms with E-state index in [0.29, 0.717) is 19.5 Å². The third kappa shape index (κ3) is 4.85. The molecule has 1 unspecified atom stereocenters. The van der Waals surface area contributed by atoms with Crippen molar-refractivity contribution in [1.29, 1.82) is 0 Å². The van der Waals surface area contributed by atoms with Crippen molar-refractivity contribution in [3.63, 3.8) is 0 Å². The molecule has 5 heteroatoms. The zero-order valence-electron chi connectivity index (χ0n) is 13.5. The van der Waals surface area contributed by atoms with Crippen LogP contribution in [0.5, 0.6) is 0 Å². The second-order valence-corrected chi connectivity index (χ2v) is 9.51. The van der Waals surface area contributed by atoms with Crippen LogP contribution in [0, 0.1) is 5.41 Å². The zero-order valence-corrected chi connectivity index (χ0v) is 14.3. The minimum absolute atomic E-state index is 0.0328. The summed E-state index contributed by atoms with van der Waals surface area (Å²) in [6.45, 7) is 11.5. The van der Waals surface area contributed by atoms with Crippen molar-refractivity contribution >= 4 is 15.6 Å². The molecule has 0 spiro atoms. The summed E-state index contributed by atoms with van der Waals surface area (Å²) in [5.74, 6) is 0.737. The Morgan fingerprint density at radius 1 is 1.15 bits per heavy atom. The van der Waals surface area contributed by atoms with E-state index in [4.69, 9.17) is 0 Å². The summed E-state index contributed by atoms with van der Waals surface area (Å²) in [4.78, 5) is 13.7. The molecule has 1 aliphatic rings. The summed E-state index contributed by atoms with van der Waals surface area (Å²) in [5, 5.41) is 0. The van der Waals surface area contributed by atoms with Gasteiger partial charge >= 0.3 is 0 Å². The van der Waals surface area contributed by atoms with Crippen LogP contribution in [-0.2, 0) is 14.6 Å². The summed E-state index contributed by atoms with van der Waals surface area (Å²) in [6, 6.07) is 0. The number of Topliss-reactive ketones (excluding diaryl/α,β-unsaturated/α-hetero) is 1. The fourth-order valence-corrected chi connectivity index (χ4v) is 4.68. The molecule has 1 atom stereocenters. The van der Waals surface area contributed by atoms with Gasteiger partial charge in [-0.15, -0.1) is 0 Å². The Morgan fingerprint density at radius 2 is 1.65 bits per heavy atom. The molecule has 0 saturated carbocycles. The number of ketones is 1. The Kier molecular flexibility index (Phi) is 5.41. The van der Waals surface area contributed by atoms with E-state index in [1.54, 1.807) is 6.92 Å². The van der Waals surface area contributed by atoms with Gasteiger partial charge in [0.05, 0.1) is 11.5 Å². The van der Waals surface area contributed by atoms with Gasteiger partial charge in [-0.1, -0.05) is 20.8 Å². The van der Waals surface area contributed by atoms with Crippen molar-refractivity contribution < 1.29 is 13.2 Å². The molecular formula is C15H29NO3S. The van der Waals surface area contributed by atoms with Crippen LogP contribution in [0.3, 0.4) is 0 Å². The van der Waals surface area contributed by atoms with Crippen LogP contribution < -0.4 is 0 Å². The topological polar surface area (TPSA) is 54.5 Å². The quantitative estimate of drug-likeness (QED) is 0.755. The number of hydrogen-bond acceptors (Lipinski definition) is 4. The minimum Gasteiger partial charge on any atom is -0.300 e. The van der Waals surface area contributed by atoms with E-state index in [1.807, 2.05) is 0 Å². The van der Waals surface area contributed by atoms with Crippen LogP contribution in [0.1, 0.15) is 53.9 Å². The van der Waals surface area contributed by atoms with E-state index in [-0.39, 0.29) is 28.2 Å². The molecule has 1 fully saturated rings. The van der Waals surface area contributed by atoms with Gasteiger partial charge in [-0.25, -0.2) is 8.42 Å². The number of hydrogen-bond donors (Lipinski definition) is 0. The SMILES string of the molecule is CCC(C)(CC(C)(C)CC(C)=O)N1CCS(=O)(=O)CC1. The van der Waals surface area contributed by atoms with Crippen molar-refractivity contribution in [3.05, 3.63) is 0 Å². The molecule has 0 aromatic rings. The first-order chi connectivity index (χ1) is 9.00. The molecule has 20 heavy (non-hydrogen) atoms. The van der Waals surface area contributed by atoms with E-state index in [0.717, 1.165) is 12.8 Å². The van der Waals surface area contributed by atoms with Crippen LogP contribution in [-0.4, -0.2) is 49.2 Å². The molecule has 0 radical (unpaired) electrons. The molecule has 1 rings (SSSR count). The highest BCUT2D eigenvalue weighted by atomic mass is 32.2. The molecule has 1 aliphatic heterocycles. The van der Waals surface area contributed by atoms with Crippen LogP contribution in [0.2, 0.25) is 0 Å². The number of nitrogens with zero attached hydrogens (tertiary/aromatic N) is 1. The van der Waals surface area contributed by atoms with Gasteiger partial charge in [-0.05, 0) is 32.1 Å². The molecule has 0 aliphatic carbocycles. The van der Waals surface area contributed by atoms with E-state index in [9.17, 15) is 13.2 Å².